The number of ketones is 1. The molecule has 0 heterocycles. The number of ether oxygens (including phenoxy) is 3. The molecule has 0 radical (unpaired) electrons. The van der Waals surface area contributed by atoms with E-state index in [0.29, 0.717) is 13.2 Å². The Labute approximate surface area is 133 Å². The number of amides is 1. The van der Waals surface area contributed by atoms with Gasteiger partial charge in [0.2, 0.25) is 5.91 Å². The van der Waals surface area contributed by atoms with Gasteiger partial charge in [-0.15, -0.1) is 0 Å². The quantitative estimate of drug-likeness (QED) is 0.439. The third-order valence-corrected chi connectivity index (χ3v) is 2.80. The zero-order valence-corrected chi connectivity index (χ0v) is 14.0. The van der Waals surface area contributed by atoms with Crippen molar-refractivity contribution < 1.29 is 23.8 Å². The van der Waals surface area contributed by atoms with Crippen LogP contribution in [0.4, 0.5) is 0 Å². The molecule has 0 bridgehead atoms. The lowest BCUT2D eigenvalue weighted by atomic mass is 10.3. The monoisotopic (exact) mass is 317 g/mol. The van der Waals surface area contributed by atoms with Crippen LogP contribution in [0, 0.1) is 0 Å². The zero-order chi connectivity index (χ0) is 16.5. The van der Waals surface area contributed by atoms with Crippen molar-refractivity contribution in [2.75, 3.05) is 46.2 Å². The molecule has 0 aromatic rings. The van der Waals surface area contributed by atoms with Gasteiger partial charge in [-0.05, 0) is 32.6 Å². The predicted molar refractivity (Wildman–Crippen MR) is 84.9 cm³/mol. The van der Waals surface area contributed by atoms with Gasteiger partial charge in [-0.1, -0.05) is 13.3 Å². The lowest BCUT2D eigenvalue weighted by molar-refractivity contribution is -0.129. The fourth-order valence-electron chi connectivity index (χ4n) is 1.60. The molecule has 0 atom stereocenters. The van der Waals surface area contributed by atoms with Gasteiger partial charge in [0.05, 0.1) is 0 Å². The van der Waals surface area contributed by atoms with Crippen LogP contribution < -0.4 is 5.32 Å². The molecule has 22 heavy (non-hydrogen) atoms. The number of carbonyl (C=O) groups excluding carboxylic acids is 2. The highest BCUT2D eigenvalue weighted by molar-refractivity contribution is 5.79. The first-order valence-electron chi connectivity index (χ1n) is 8.16. The van der Waals surface area contributed by atoms with Crippen molar-refractivity contribution in [3.05, 3.63) is 0 Å². The molecule has 0 aliphatic carbocycles. The van der Waals surface area contributed by atoms with Crippen molar-refractivity contribution >= 4 is 11.7 Å². The number of hydrogen-bond acceptors (Lipinski definition) is 5. The van der Waals surface area contributed by atoms with Gasteiger partial charge in [0.15, 0.2) is 5.78 Å². The molecule has 1 amide bonds. The van der Waals surface area contributed by atoms with Gasteiger partial charge in [0.25, 0.3) is 0 Å². The average molecular weight is 317 g/mol. The van der Waals surface area contributed by atoms with Crippen LogP contribution in [0.2, 0.25) is 0 Å². The van der Waals surface area contributed by atoms with Crippen LogP contribution in [0.3, 0.4) is 0 Å². The van der Waals surface area contributed by atoms with E-state index in [2.05, 4.69) is 12.2 Å². The molecule has 0 aliphatic rings. The summed E-state index contributed by atoms with van der Waals surface area (Å²) in [5.74, 6) is -0.289. The minimum absolute atomic E-state index is 0.0152. The summed E-state index contributed by atoms with van der Waals surface area (Å²) in [7, 11) is 0. The van der Waals surface area contributed by atoms with E-state index < -0.39 is 0 Å². The molecule has 0 saturated carbocycles. The lowest BCUT2D eigenvalue weighted by Crippen LogP contribution is -2.29. The lowest BCUT2D eigenvalue weighted by Gasteiger charge is -2.07. The van der Waals surface area contributed by atoms with E-state index >= 15 is 0 Å². The Bertz CT molecular complexity index is 284. The van der Waals surface area contributed by atoms with Crippen LogP contribution in [-0.2, 0) is 23.8 Å². The molecule has 0 rings (SSSR count). The van der Waals surface area contributed by atoms with Gasteiger partial charge >= 0.3 is 0 Å². The Hall–Kier alpha value is -0.980. The zero-order valence-electron chi connectivity index (χ0n) is 14.0. The molecule has 6 nitrogen and oxygen atoms in total. The van der Waals surface area contributed by atoms with Crippen molar-refractivity contribution in [1.29, 1.82) is 0 Å². The summed E-state index contributed by atoms with van der Waals surface area (Å²) in [5, 5.41) is 2.71. The summed E-state index contributed by atoms with van der Waals surface area (Å²) in [4.78, 5) is 21.9. The van der Waals surface area contributed by atoms with Gasteiger partial charge in [0.1, 0.15) is 13.2 Å². The first-order chi connectivity index (χ1) is 10.7. The molecule has 0 aromatic heterocycles. The number of carbonyl (C=O) groups is 2. The molecule has 6 heteroatoms. The minimum Gasteiger partial charge on any atom is -0.381 e. The number of Topliss-reactive ketones (excluding diaryl/α,β-unsaturated/α-hetero) is 1. The number of unbranched alkanes of at least 4 members (excludes halogenated alkanes) is 2. The van der Waals surface area contributed by atoms with Crippen LogP contribution in [0.25, 0.3) is 0 Å². The highest BCUT2D eigenvalue weighted by Gasteiger charge is 2.01. The number of nitrogens with one attached hydrogen (secondary N) is 1. The Balaban J connectivity index is 3.13. The van der Waals surface area contributed by atoms with E-state index in [0.717, 1.165) is 45.5 Å². The van der Waals surface area contributed by atoms with Crippen LogP contribution in [-0.4, -0.2) is 57.9 Å². The van der Waals surface area contributed by atoms with E-state index in [1.807, 2.05) is 0 Å². The first-order valence-corrected chi connectivity index (χ1v) is 8.16. The Morgan fingerprint density at radius 2 is 1.41 bits per heavy atom. The molecule has 0 fully saturated rings. The standard InChI is InChI=1S/C16H31NO5/c1-3-4-9-20-10-5-6-11-21-12-7-8-17-16(19)14-22-13-15(2)18/h3-14H2,1-2H3,(H,17,19). The van der Waals surface area contributed by atoms with E-state index in [1.165, 1.54) is 13.3 Å². The Morgan fingerprint density at radius 1 is 0.818 bits per heavy atom. The van der Waals surface area contributed by atoms with E-state index in [1.54, 1.807) is 0 Å². The van der Waals surface area contributed by atoms with Crippen LogP contribution in [0.1, 0.15) is 46.0 Å². The summed E-state index contributed by atoms with van der Waals surface area (Å²) in [6.45, 7) is 7.07. The Morgan fingerprint density at radius 3 is 2.00 bits per heavy atom. The molecular formula is C16H31NO5. The van der Waals surface area contributed by atoms with E-state index in [-0.39, 0.29) is 24.9 Å². The molecule has 0 spiro atoms. The molecule has 1 N–H and O–H groups in total. The molecule has 0 aliphatic heterocycles. The Kier molecular flexibility index (Phi) is 15.7. The molecule has 0 saturated heterocycles. The summed E-state index contributed by atoms with van der Waals surface area (Å²) in [5.41, 5.74) is 0. The van der Waals surface area contributed by atoms with Crippen molar-refractivity contribution in [3.63, 3.8) is 0 Å². The number of rotatable bonds is 16. The largest absolute Gasteiger partial charge is 0.381 e. The second kappa shape index (κ2) is 16.4. The molecule has 0 aromatic carbocycles. The highest BCUT2D eigenvalue weighted by atomic mass is 16.5. The predicted octanol–water partition coefficient (Wildman–Crippen LogP) is 1.71. The molecule has 0 unspecified atom stereocenters. The molecular weight excluding hydrogens is 286 g/mol. The topological polar surface area (TPSA) is 73.9 Å². The summed E-state index contributed by atoms with van der Waals surface area (Å²) in [6.07, 6.45) is 5.08. The van der Waals surface area contributed by atoms with Gasteiger partial charge < -0.3 is 19.5 Å². The first kappa shape index (κ1) is 21.0. The highest BCUT2D eigenvalue weighted by Crippen LogP contribution is 1.94. The van der Waals surface area contributed by atoms with Crippen molar-refractivity contribution in [2.45, 2.75) is 46.0 Å². The van der Waals surface area contributed by atoms with Crippen molar-refractivity contribution in [2.24, 2.45) is 0 Å². The fraction of sp³-hybridized carbons (Fsp3) is 0.875. The van der Waals surface area contributed by atoms with Gasteiger partial charge in [-0.3, -0.25) is 9.59 Å². The maximum absolute atomic E-state index is 11.3. The van der Waals surface area contributed by atoms with Crippen LogP contribution >= 0.6 is 0 Å². The second-order valence-electron chi connectivity index (χ2n) is 5.18. The normalized spacial score (nSPS) is 10.6. The van der Waals surface area contributed by atoms with E-state index in [9.17, 15) is 9.59 Å². The molecule has 130 valence electrons. The third-order valence-electron chi connectivity index (χ3n) is 2.80. The van der Waals surface area contributed by atoms with Gasteiger partial charge in [-0.2, -0.15) is 0 Å². The van der Waals surface area contributed by atoms with Gasteiger partial charge in [-0.25, -0.2) is 0 Å². The van der Waals surface area contributed by atoms with Crippen molar-refractivity contribution in [3.8, 4) is 0 Å². The van der Waals surface area contributed by atoms with Crippen molar-refractivity contribution in [1.82, 2.24) is 5.32 Å². The fourth-order valence-corrected chi connectivity index (χ4v) is 1.60. The maximum Gasteiger partial charge on any atom is 0.246 e. The third kappa shape index (κ3) is 17.1. The average Bonchev–Trinajstić information content (AvgIpc) is 2.48. The number of hydrogen-bond donors (Lipinski definition) is 1. The summed E-state index contributed by atoms with van der Waals surface area (Å²) in [6, 6.07) is 0. The smallest absolute Gasteiger partial charge is 0.246 e. The second-order valence-corrected chi connectivity index (χ2v) is 5.18. The van der Waals surface area contributed by atoms with Gasteiger partial charge in [0, 0.05) is 33.0 Å². The summed E-state index contributed by atoms with van der Waals surface area (Å²) < 4.78 is 15.8. The van der Waals surface area contributed by atoms with Crippen LogP contribution in [0.15, 0.2) is 0 Å². The van der Waals surface area contributed by atoms with Crippen LogP contribution in [0.5, 0.6) is 0 Å². The SMILES string of the molecule is CCCCOCCCCOCCCNC(=O)COCC(C)=O. The van der Waals surface area contributed by atoms with E-state index in [4.69, 9.17) is 14.2 Å². The minimum atomic E-state index is -0.203. The summed E-state index contributed by atoms with van der Waals surface area (Å²) >= 11 is 0. The maximum atomic E-state index is 11.3.